The van der Waals surface area contributed by atoms with Crippen LogP contribution in [0.3, 0.4) is 0 Å². The molecule has 1 aliphatic heterocycles. The van der Waals surface area contributed by atoms with Gasteiger partial charge in [-0.3, -0.25) is 4.79 Å². The van der Waals surface area contributed by atoms with E-state index in [0.717, 1.165) is 27.7 Å². The van der Waals surface area contributed by atoms with Crippen LogP contribution in [0.15, 0.2) is 36.4 Å². The number of carbonyl (C=O) groups excluding carboxylic acids is 1. The Morgan fingerprint density at radius 3 is 2.92 bits per heavy atom. The number of para-hydroxylation sites is 1. The SMILES string of the molecule is Cc1[nH]c2ccccc2c1CC(=O)OCc1cc(Cl)c2c(c1)OCCO2. The molecule has 0 saturated heterocycles. The van der Waals surface area contributed by atoms with Crippen molar-refractivity contribution in [3.8, 4) is 11.5 Å². The Hall–Kier alpha value is -2.66. The van der Waals surface area contributed by atoms with Crippen LogP contribution < -0.4 is 9.47 Å². The average Bonchev–Trinajstić information content (AvgIpc) is 2.96. The van der Waals surface area contributed by atoms with Crippen molar-refractivity contribution >= 4 is 28.5 Å². The number of carbonyl (C=O) groups is 1. The number of nitrogens with one attached hydrogen (secondary N) is 1. The van der Waals surface area contributed by atoms with E-state index in [0.29, 0.717) is 29.7 Å². The number of hydrogen-bond donors (Lipinski definition) is 1. The second kappa shape index (κ2) is 6.92. The first-order valence-electron chi connectivity index (χ1n) is 8.41. The van der Waals surface area contributed by atoms with Crippen molar-refractivity contribution in [2.24, 2.45) is 0 Å². The maximum atomic E-state index is 12.3. The second-order valence-electron chi connectivity index (χ2n) is 6.21. The molecule has 0 bridgehead atoms. The smallest absolute Gasteiger partial charge is 0.310 e. The molecular weight excluding hydrogens is 354 g/mol. The van der Waals surface area contributed by atoms with Gasteiger partial charge >= 0.3 is 5.97 Å². The van der Waals surface area contributed by atoms with Crippen molar-refractivity contribution in [2.75, 3.05) is 13.2 Å². The molecule has 5 nitrogen and oxygen atoms in total. The van der Waals surface area contributed by atoms with E-state index in [4.69, 9.17) is 25.8 Å². The fourth-order valence-electron chi connectivity index (χ4n) is 3.17. The molecule has 0 atom stereocenters. The van der Waals surface area contributed by atoms with Crippen molar-refractivity contribution in [3.05, 3.63) is 58.2 Å². The zero-order chi connectivity index (χ0) is 18.1. The molecule has 0 fully saturated rings. The highest BCUT2D eigenvalue weighted by Gasteiger charge is 2.18. The number of aromatic nitrogens is 1. The molecule has 1 aliphatic rings. The Morgan fingerprint density at radius 1 is 1.23 bits per heavy atom. The lowest BCUT2D eigenvalue weighted by Crippen LogP contribution is -2.16. The number of fused-ring (bicyclic) bond motifs is 2. The highest BCUT2D eigenvalue weighted by Crippen LogP contribution is 2.38. The number of H-pyrrole nitrogens is 1. The van der Waals surface area contributed by atoms with E-state index in [-0.39, 0.29) is 19.0 Å². The predicted molar refractivity (Wildman–Crippen MR) is 99.0 cm³/mol. The van der Waals surface area contributed by atoms with Gasteiger partial charge in [-0.2, -0.15) is 0 Å². The minimum absolute atomic E-state index is 0.136. The number of aromatic amines is 1. The van der Waals surface area contributed by atoms with Crippen molar-refractivity contribution in [1.82, 2.24) is 4.98 Å². The van der Waals surface area contributed by atoms with Gasteiger partial charge in [0.25, 0.3) is 0 Å². The molecule has 2 heterocycles. The number of aryl methyl sites for hydroxylation is 1. The van der Waals surface area contributed by atoms with E-state index in [2.05, 4.69) is 4.98 Å². The topological polar surface area (TPSA) is 60.6 Å². The van der Waals surface area contributed by atoms with Crippen LogP contribution in [-0.4, -0.2) is 24.2 Å². The summed E-state index contributed by atoms with van der Waals surface area (Å²) in [5, 5.41) is 1.50. The van der Waals surface area contributed by atoms with E-state index in [1.165, 1.54) is 0 Å². The number of halogens is 1. The molecule has 3 aromatic rings. The Bertz CT molecular complexity index is 979. The number of benzene rings is 2. The molecule has 0 saturated carbocycles. The van der Waals surface area contributed by atoms with Crippen LogP contribution >= 0.6 is 11.6 Å². The van der Waals surface area contributed by atoms with Gasteiger partial charge < -0.3 is 19.2 Å². The van der Waals surface area contributed by atoms with E-state index in [9.17, 15) is 4.79 Å². The molecule has 2 aromatic carbocycles. The summed E-state index contributed by atoms with van der Waals surface area (Å²) in [6, 6.07) is 11.5. The molecule has 0 radical (unpaired) electrons. The fourth-order valence-corrected chi connectivity index (χ4v) is 3.46. The first-order chi connectivity index (χ1) is 12.6. The van der Waals surface area contributed by atoms with Gasteiger partial charge in [0.1, 0.15) is 19.8 Å². The maximum Gasteiger partial charge on any atom is 0.310 e. The Morgan fingerprint density at radius 2 is 2.04 bits per heavy atom. The lowest BCUT2D eigenvalue weighted by atomic mass is 10.1. The van der Waals surface area contributed by atoms with Gasteiger partial charge in [-0.25, -0.2) is 0 Å². The minimum atomic E-state index is -0.288. The van der Waals surface area contributed by atoms with E-state index < -0.39 is 0 Å². The van der Waals surface area contributed by atoms with Gasteiger partial charge in [0.2, 0.25) is 0 Å². The van der Waals surface area contributed by atoms with Gasteiger partial charge in [-0.05, 0) is 36.2 Å². The standard InChI is InChI=1S/C20H18ClNO4/c1-12-15(14-4-2-3-5-17(14)22-12)10-19(23)26-11-13-8-16(21)20-18(9-13)24-6-7-25-20/h2-5,8-9,22H,6-7,10-11H2,1H3. The summed E-state index contributed by atoms with van der Waals surface area (Å²) < 4.78 is 16.5. The number of rotatable bonds is 4. The maximum absolute atomic E-state index is 12.3. The molecule has 26 heavy (non-hydrogen) atoms. The molecule has 0 amide bonds. The average molecular weight is 372 g/mol. The number of esters is 1. The van der Waals surface area contributed by atoms with Gasteiger partial charge in [0.15, 0.2) is 11.5 Å². The lowest BCUT2D eigenvalue weighted by Gasteiger charge is -2.20. The molecular formula is C20H18ClNO4. The van der Waals surface area contributed by atoms with Crippen molar-refractivity contribution in [3.63, 3.8) is 0 Å². The van der Waals surface area contributed by atoms with Crippen molar-refractivity contribution < 1.29 is 19.0 Å². The number of hydrogen-bond acceptors (Lipinski definition) is 4. The zero-order valence-corrected chi connectivity index (χ0v) is 15.1. The molecule has 1 N–H and O–H groups in total. The largest absolute Gasteiger partial charge is 0.486 e. The quantitative estimate of drug-likeness (QED) is 0.699. The monoisotopic (exact) mass is 371 g/mol. The number of ether oxygens (including phenoxy) is 3. The normalized spacial score (nSPS) is 13.0. The molecule has 4 rings (SSSR count). The summed E-state index contributed by atoms with van der Waals surface area (Å²) in [7, 11) is 0. The van der Waals surface area contributed by atoms with E-state index in [1.807, 2.05) is 31.2 Å². The minimum Gasteiger partial charge on any atom is -0.486 e. The van der Waals surface area contributed by atoms with Crippen LogP contribution in [0.1, 0.15) is 16.8 Å². The Balaban J connectivity index is 1.46. The third-order valence-corrected chi connectivity index (χ3v) is 4.69. The van der Waals surface area contributed by atoms with Gasteiger partial charge in [0.05, 0.1) is 11.4 Å². The van der Waals surface area contributed by atoms with Crippen molar-refractivity contribution in [2.45, 2.75) is 20.0 Å². The van der Waals surface area contributed by atoms with Crippen LogP contribution in [0.25, 0.3) is 10.9 Å². The summed E-state index contributed by atoms with van der Waals surface area (Å²) in [5.41, 5.74) is 3.73. The van der Waals surface area contributed by atoms with E-state index in [1.54, 1.807) is 12.1 Å². The molecule has 0 unspecified atom stereocenters. The van der Waals surface area contributed by atoms with Crippen LogP contribution in [0.5, 0.6) is 11.5 Å². The summed E-state index contributed by atoms with van der Waals surface area (Å²) in [6.07, 6.45) is 0.216. The second-order valence-corrected chi connectivity index (χ2v) is 6.62. The summed E-state index contributed by atoms with van der Waals surface area (Å²) in [4.78, 5) is 15.6. The fraction of sp³-hybridized carbons (Fsp3) is 0.250. The summed E-state index contributed by atoms with van der Waals surface area (Å²) in [5.74, 6) is 0.841. The molecule has 1 aromatic heterocycles. The zero-order valence-electron chi connectivity index (χ0n) is 14.3. The van der Waals surface area contributed by atoms with Crippen LogP contribution in [-0.2, 0) is 22.6 Å². The van der Waals surface area contributed by atoms with Crippen LogP contribution in [0.2, 0.25) is 5.02 Å². The molecule has 134 valence electrons. The highest BCUT2D eigenvalue weighted by molar-refractivity contribution is 6.32. The lowest BCUT2D eigenvalue weighted by molar-refractivity contribution is -0.144. The van der Waals surface area contributed by atoms with Gasteiger partial charge in [-0.1, -0.05) is 29.8 Å². The summed E-state index contributed by atoms with van der Waals surface area (Å²) in [6.45, 7) is 3.05. The Kier molecular flexibility index (Phi) is 4.47. The predicted octanol–water partition coefficient (Wildman–Crippen LogP) is 4.19. The van der Waals surface area contributed by atoms with Crippen molar-refractivity contribution in [1.29, 1.82) is 0 Å². The third-order valence-electron chi connectivity index (χ3n) is 4.40. The molecule has 0 aliphatic carbocycles. The van der Waals surface area contributed by atoms with Gasteiger partial charge in [-0.15, -0.1) is 0 Å². The van der Waals surface area contributed by atoms with Crippen LogP contribution in [0.4, 0.5) is 0 Å². The molecule has 6 heteroatoms. The summed E-state index contributed by atoms with van der Waals surface area (Å²) >= 11 is 6.21. The molecule has 0 spiro atoms. The first kappa shape index (κ1) is 16.8. The van der Waals surface area contributed by atoms with Crippen LogP contribution in [0, 0.1) is 6.92 Å². The van der Waals surface area contributed by atoms with Gasteiger partial charge in [0, 0.05) is 16.6 Å². The highest BCUT2D eigenvalue weighted by atomic mass is 35.5. The first-order valence-corrected chi connectivity index (χ1v) is 8.79. The van der Waals surface area contributed by atoms with E-state index >= 15 is 0 Å². The third kappa shape index (κ3) is 3.22. The Labute approximate surface area is 155 Å².